The highest BCUT2D eigenvalue weighted by Crippen LogP contribution is 2.35. The second-order valence-electron chi connectivity index (χ2n) is 4.75. The van der Waals surface area contributed by atoms with Crippen molar-refractivity contribution in [1.82, 2.24) is 10.2 Å². The van der Waals surface area contributed by atoms with Crippen molar-refractivity contribution in [1.29, 1.82) is 0 Å². The molecule has 1 spiro atoms. The van der Waals surface area contributed by atoms with E-state index < -0.39 is 0 Å². The number of nitrogens with one attached hydrogen (secondary N) is 1. The summed E-state index contributed by atoms with van der Waals surface area (Å²) in [5.41, 5.74) is 0.504. The van der Waals surface area contributed by atoms with Gasteiger partial charge in [0.25, 0.3) is 0 Å². The van der Waals surface area contributed by atoms with Crippen molar-refractivity contribution >= 4 is 0 Å². The van der Waals surface area contributed by atoms with Crippen LogP contribution in [0.15, 0.2) is 0 Å². The summed E-state index contributed by atoms with van der Waals surface area (Å²) in [5, 5.41) is 3.61. The Morgan fingerprint density at radius 1 is 1.50 bits per heavy atom. The van der Waals surface area contributed by atoms with Crippen molar-refractivity contribution in [3.05, 3.63) is 0 Å². The van der Waals surface area contributed by atoms with E-state index in [1.165, 1.54) is 26.1 Å². The Bertz CT molecular complexity index is 179. The van der Waals surface area contributed by atoms with Crippen molar-refractivity contribution in [3.63, 3.8) is 0 Å². The van der Waals surface area contributed by atoms with Crippen LogP contribution < -0.4 is 5.32 Å². The first-order chi connectivity index (χ1) is 5.64. The van der Waals surface area contributed by atoms with Crippen LogP contribution in [0.2, 0.25) is 0 Å². The molecule has 0 aromatic carbocycles. The van der Waals surface area contributed by atoms with Crippen molar-refractivity contribution in [3.8, 4) is 0 Å². The Balaban J connectivity index is 1.97. The maximum Gasteiger partial charge on any atom is 0.0359 e. The fraction of sp³-hybridized carbons (Fsp3) is 1.00. The van der Waals surface area contributed by atoms with E-state index in [-0.39, 0.29) is 0 Å². The molecule has 2 nitrogen and oxygen atoms in total. The first-order valence-corrected chi connectivity index (χ1v) is 5.13. The fourth-order valence-electron chi connectivity index (χ4n) is 2.45. The maximum atomic E-state index is 3.61. The van der Waals surface area contributed by atoms with E-state index in [4.69, 9.17) is 0 Å². The van der Waals surface area contributed by atoms with Crippen LogP contribution in [0.3, 0.4) is 0 Å². The third-order valence-corrected chi connectivity index (χ3v) is 3.76. The Kier molecular flexibility index (Phi) is 1.92. The van der Waals surface area contributed by atoms with Gasteiger partial charge in [0.1, 0.15) is 0 Å². The second kappa shape index (κ2) is 2.71. The van der Waals surface area contributed by atoms with Crippen molar-refractivity contribution in [2.24, 2.45) is 5.92 Å². The van der Waals surface area contributed by atoms with Gasteiger partial charge >= 0.3 is 0 Å². The number of hydrogen-bond donors (Lipinski definition) is 1. The molecular formula is C10H20N2. The largest absolute Gasteiger partial charge is 0.309 e. The molecular weight excluding hydrogens is 148 g/mol. The lowest BCUT2D eigenvalue weighted by molar-refractivity contribution is 0.113. The van der Waals surface area contributed by atoms with Gasteiger partial charge in [-0.05, 0) is 26.2 Å². The molecule has 0 radical (unpaired) electrons. The lowest BCUT2D eigenvalue weighted by atomic mass is 9.77. The molecule has 1 N–H and O–H groups in total. The van der Waals surface area contributed by atoms with Crippen LogP contribution in [0.4, 0.5) is 0 Å². The van der Waals surface area contributed by atoms with Gasteiger partial charge in [-0.15, -0.1) is 0 Å². The minimum absolute atomic E-state index is 0.504. The summed E-state index contributed by atoms with van der Waals surface area (Å²) < 4.78 is 0. The third-order valence-electron chi connectivity index (χ3n) is 3.76. The molecule has 2 atom stereocenters. The molecule has 0 amide bonds. The van der Waals surface area contributed by atoms with Crippen LogP contribution in [0, 0.1) is 5.92 Å². The van der Waals surface area contributed by atoms with Crippen LogP contribution in [0.25, 0.3) is 0 Å². The van der Waals surface area contributed by atoms with Crippen molar-refractivity contribution < 1.29 is 0 Å². The molecule has 2 saturated heterocycles. The van der Waals surface area contributed by atoms with E-state index in [2.05, 4.69) is 31.0 Å². The molecule has 0 aliphatic carbocycles. The van der Waals surface area contributed by atoms with Gasteiger partial charge in [-0.3, -0.25) is 4.90 Å². The van der Waals surface area contributed by atoms with E-state index in [9.17, 15) is 0 Å². The zero-order valence-electron chi connectivity index (χ0n) is 8.43. The SMILES string of the molecule is CC(C)N1CC[C@@]2(C1)NC[C@@H]2C. The molecule has 0 aromatic rings. The molecule has 70 valence electrons. The molecule has 2 rings (SSSR count). The van der Waals surface area contributed by atoms with Gasteiger partial charge in [-0.1, -0.05) is 6.92 Å². The van der Waals surface area contributed by atoms with E-state index in [0.717, 1.165) is 12.0 Å². The lowest BCUT2D eigenvalue weighted by Gasteiger charge is -2.47. The van der Waals surface area contributed by atoms with Crippen LogP contribution in [-0.2, 0) is 0 Å². The lowest BCUT2D eigenvalue weighted by Crippen LogP contribution is -2.65. The molecule has 0 unspecified atom stereocenters. The summed E-state index contributed by atoms with van der Waals surface area (Å²) in [6.45, 7) is 10.7. The predicted molar refractivity (Wildman–Crippen MR) is 51.2 cm³/mol. The summed E-state index contributed by atoms with van der Waals surface area (Å²) in [7, 11) is 0. The first-order valence-electron chi connectivity index (χ1n) is 5.13. The third kappa shape index (κ3) is 1.09. The topological polar surface area (TPSA) is 15.3 Å². The van der Waals surface area contributed by atoms with Gasteiger partial charge in [0, 0.05) is 31.2 Å². The molecule has 0 aromatic heterocycles. The van der Waals surface area contributed by atoms with E-state index in [0.29, 0.717) is 5.54 Å². The minimum atomic E-state index is 0.504. The molecule has 12 heavy (non-hydrogen) atoms. The highest BCUT2D eigenvalue weighted by molar-refractivity contribution is 5.08. The van der Waals surface area contributed by atoms with Gasteiger partial charge in [-0.25, -0.2) is 0 Å². The van der Waals surface area contributed by atoms with Gasteiger partial charge < -0.3 is 5.32 Å². The monoisotopic (exact) mass is 168 g/mol. The minimum Gasteiger partial charge on any atom is -0.309 e. The van der Waals surface area contributed by atoms with E-state index in [1.807, 2.05) is 0 Å². The Labute approximate surface area is 75.3 Å². The standard InChI is InChI=1S/C10H20N2/c1-8(2)12-5-4-10(7-12)9(3)6-11-10/h8-9,11H,4-7H2,1-3H3/t9-,10-/m0/s1. The normalized spacial score (nSPS) is 42.5. The zero-order chi connectivity index (χ0) is 8.77. The van der Waals surface area contributed by atoms with E-state index >= 15 is 0 Å². The van der Waals surface area contributed by atoms with Crippen LogP contribution in [0.1, 0.15) is 27.2 Å². The van der Waals surface area contributed by atoms with Gasteiger partial charge in [0.15, 0.2) is 0 Å². The summed E-state index contributed by atoms with van der Waals surface area (Å²) in [6, 6.07) is 0.721. The average molecular weight is 168 g/mol. The molecule has 2 heterocycles. The number of likely N-dealkylation sites (tertiary alicyclic amines) is 1. The number of hydrogen-bond acceptors (Lipinski definition) is 2. The number of rotatable bonds is 1. The smallest absolute Gasteiger partial charge is 0.0359 e. The summed E-state index contributed by atoms with van der Waals surface area (Å²) in [4.78, 5) is 2.59. The Morgan fingerprint density at radius 3 is 2.50 bits per heavy atom. The average Bonchev–Trinajstić information content (AvgIpc) is 2.48. The van der Waals surface area contributed by atoms with Gasteiger partial charge in [0.05, 0.1) is 0 Å². The summed E-state index contributed by atoms with van der Waals surface area (Å²) >= 11 is 0. The molecule has 2 aliphatic rings. The summed E-state index contributed by atoms with van der Waals surface area (Å²) in [6.07, 6.45) is 1.35. The van der Waals surface area contributed by atoms with Crippen LogP contribution in [-0.4, -0.2) is 36.1 Å². The second-order valence-corrected chi connectivity index (χ2v) is 4.75. The number of nitrogens with zero attached hydrogens (tertiary/aromatic N) is 1. The highest BCUT2D eigenvalue weighted by Gasteiger charge is 2.48. The highest BCUT2D eigenvalue weighted by atomic mass is 15.3. The summed E-state index contributed by atoms with van der Waals surface area (Å²) in [5.74, 6) is 0.890. The van der Waals surface area contributed by atoms with Crippen LogP contribution in [0.5, 0.6) is 0 Å². The van der Waals surface area contributed by atoms with Gasteiger partial charge in [0.2, 0.25) is 0 Å². The molecule has 2 heteroatoms. The van der Waals surface area contributed by atoms with Crippen molar-refractivity contribution in [2.45, 2.75) is 38.8 Å². The Hall–Kier alpha value is -0.0800. The maximum absolute atomic E-state index is 3.61. The first kappa shape index (κ1) is 8.52. The quantitative estimate of drug-likeness (QED) is 0.630. The fourth-order valence-corrected chi connectivity index (χ4v) is 2.45. The van der Waals surface area contributed by atoms with Crippen molar-refractivity contribution in [2.75, 3.05) is 19.6 Å². The van der Waals surface area contributed by atoms with E-state index in [1.54, 1.807) is 0 Å². The Morgan fingerprint density at radius 2 is 2.25 bits per heavy atom. The predicted octanol–water partition coefficient (Wildman–Crippen LogP) is 1.08. The molecule has 0 bridgehead atoms. The zero-order valence-corrected chi connectivity index (χ0v) is 8.43. The van der Waals surface area contributed by atoms with Gasteiger partial charge in [-0.2, -0.15) is 0 Å². The molecule has 0 saturated carbocycles. The molecule has 2 fully saturated rings. The molecule has 2 aliphatic heterocycles. The van der Waals surface area contributed by atoms with Crippen LogP contribution >= 0.6 is 0 Å².